The number of carbonyl (C=O) groups is 4. The third kappa shape index (κ3) is 6.09. The van der Waals surface area contributed by atoms with E-state index in [1.807, 2.05) is 63.3 Å². The first-order chi connectivity index (χ1) is 15.6. The molecular formula is C26H35N3O4. The molecule has 0 bridgehead atoms. The minimum Gasteiger partial charge on any atom is -0.350 e. The van der Waals surface area contributed by atoms with Crippen LogP contribution in [0.1, 0.15) is 52.5 Å². The highest BCUT2D eigenvalue weighted by Gasteiger charge is 2.47. The third-order valence-corrected chi connectivity index (χ3v) is 6.30. The Balaban J connectivity index is 1.68. The lowest BCUT2D eigenvalue weighted by Crippen LogP contribution is -2.53. The molecule has 0 aromatic heterocycles. The fourth-order valence-electron chi connectivity index (χ4n) is 4.48. The van der Waals surface area contributed by atoms with Crippen LogP contribution in [0.3, 0.4) is 0 Å². The van der Waals surface area contributed by atoms with Gasteiger partial charge in [0.25, 0.3) is 0 Å². The standard InChI is InChI=1S/C26H35N3O4/c1-18(23(31)27-26(2,3)4)28(16-14-19-10-6-5-7-11-19)22(30)15-17-29-24(32)20-12-8-9-13-21(20)25(29)33/h5-11,18,20-21H,12-17H2,1-4H3,(H,27,31)/t18?,20-,21+. The number of rotatable bonds is 8. The third-order valence-electron chi connectivity index (χ3n) is 6.30. The van der Waals surface area contributed by atoms with E-state index in [1.165, 1.54) is 4.90 Å². The van der Waals surface area contributed by atoms with Crippen molar-refractivity contribution >= 4 is 23.6 Å². The number of nitrogens with zero attached hydrogens (tertiary/aromatic N) is 2. The summed E-state index contributed by atoms with van der Waals surface area (Å²) in [4.78, 5) is 54.3. The maximum Gasteiger partial charge on any atom is 0.242 e. The van der Waals surface area contributed by atoms with Crippen molar-refractivity contribution < 1.29 is 19.2 Å². The molecule has 1 unspecified atom stereocenters. The van der Waals surface area contributed by atoms with Gasteiger partial charge in [0.05, 0.1) is 11.8 Å². The van der Waals surface area contributed by atoms with Crippen LogP contribution in [0.5, 0.6) is 0 Å². The monoisotopic (exact) mass is 453 g/mol. The quantitative estimate of drug-likeness (QED) is 0.484. The average Bonchev–Trinajstić information content (AvgIpc) is 3.02. The van der Waals surface area contributed by atoms with Gasteiger partial charge in [-0.1, -0.05) is 42.5 Å². The molecule has 1 fully saturated rings. The number of allylic oxidation sites excluding steroid dienone is 2. The zero-order valence-corrected chi connectivity index (χ0v) is 20.0. The zero-order valence-electron chi connectivity index (χ0n) is 20.0. The molecule has 1 aromatic carbocycles. The predicted molar refractivity (Wildman–Crippen MR) is 126 cm³/mol. The van der Waals surface area contributed by atoms with Gasteiger partial charge in [0.15, 0.2) is 0 Å². The Hall–Kier alpha value is -2.96. The van der Waals surface area contributed by atoms with Crippen molar-refractivity contribution in [2.45, 2.75) is 65.0 Å². The van der Waals surface area contributed by atoms with Gasteiger partial charge in [-0.05, 0) is 52.5 Å². The molecule has 7 nitrogen and oxygen atoms in total. The first kappa shape index (κ1) is 24.7. The van der Waals surface area contributed by atoms with Gasteiger partial charge < -0.3 is 10.2 Å². The molecule has 4 amide bonds. The van der Waals surface area contributed by atoms with Crippen molar-refractivity contribution in [3.05, 3.63) is 48.0 Å². The second kappa shape index (κ2) is 10.3. The Kier molecular flexibility index (Phi) is 7.72. The zero-order chi connectivity index (χ0) is 24.2. The highest BCUT2D eigenvalue weighted by molar-refractivity contribution is 6.05. The van der Waals surface area contributed by atoms with E-state index < -0.39 is 11.6 Å². The smallest absolute Gasteiger partial charge is 0.242 e. The number of hydrogen-bond donors (Lipinski definition) is 1. The molecule has 3 atom stereocenters. The Labute approximate surface area is 196 Å². The Morgan fingerprint density at radius 3 is 2.18 bits per heavy atom. The molecule has 1 aliphatic carbocycles. The van der Waals surface area contributed by atoms with Crippen molar-refractivity contribution in [1.29, 1.82) is 0 Å². The van der Waals surface area contributed by atoms with Crippen molar-refractivity contribution in [2.24, 2.45) is 11.8 Å². The molecular weight excluding hydrogens is 418 g/mol. The van der Waals surface area contributed by atoms with Crippen molar-refractivity contribution in [3.8, 4) is 0 Å². The summed E-state index contributed by atoms with van der Waals surface area (Å²) in [7, 11) is 0. The van der Waals surface area contributed by atoms with Gasteiger partial charge in [0, 0.05) is 25.0 Å². The Bertz CT molecular complexity index is 893. The first-order valence-electron chi connectivity index (χ1n) is 11.7. The lowest BCUT2D eigenvalue weighted by Gasteiger charge is -2.32. The van der Waals surface area contributed by atoms with Crippen LogP contribution >= 0.6 is 0 Å². The summed E-state index contributed by atoms with van der Waals surface area (Å²) < 4.78 is 0. The lowest BCUT2D eigenvalue weighted by atomic mass is 9.85. The maximum atomic E-state index is 13.2. The van der Waals surface area contributed by atoms with E-state index in [9.17, 15) is 19.2 Å². The predicted octanol–water partition coefficient (Wildman–Crippen LogP) is 2.70. The van der Waals surface area contributed by atoms with Gasteiger partial charge in [-0.15, -0.1) is 0 Å². The van der Waals surface area contributed by atoms with Crippen molar-refractivity contribution in [3.63, 3.8) is 0 Å². The minimum atomic E-state index is -0.669. The van der Waals surface area contributed by atoms with Crippen LogP contribution in [0.15, 0.2) is 42.5 Å². The second-order valence-electron chi connectivity index (χ2n) is 9.97. The molecule has 0 spiro atoms. The van der Waals surface area contributed by atoms with Gasteiger partial charge in [-0.2, -0.15) is 0 Å². The Morgan fingerprint density at radius 2 is 1.64 bits per heavy atom. The van der Waals surface area contributed by atoms with Gasteiger partial charge >= 0.3 is 0 Å². The molecule has 1 aliphatic heterocycles. The van der Waals surface area contributed by atoms with Gasteiger partial charge in [0.1, 0.15) is 6.04 Å². The average molecular weight is 454 g/mol. The summed E-state index contributed by atoms with van der Waals surface area (Å²) in [5.41, 5.74) is 0.651. The van der Waals surface area contributed by atoms with E-state index in [4.69, 9.17) is 0 Å². The summed E-state index contributed by atoms with van der Waals surface area (Å²) in [5, 5.41) is 2.94. The number of fused-ring (bicyclic) bond motifs is 1. The second-order valence-corrected chi connectivity index (χ2v) is 9.97. The molecule has 33 heavy (non-hydrogen) atoms. The number of hydrogen-bond acceptors (Lipinski definition) is 4. The van der Waals surface area contributed by atoms with E-state index in [2.05, 4.69) is 5.32 Å². The van der Waals surface area contributed by atoms with Crippen LogP contribution < -0.4 is 5.32 Å². The van der Waals surface area contributed by atoms with E-state index in [0.717, 1.165) is 5.56 Å². The van der Waals surface area contributed by atoms with Gasteiger partial charge in [0.2, 0.25) is 23.6 Å². The van der Waals surface area contributed by atoms with Crippen LogP contribution in [0.25, 0.3) is 0 Å². The van der Waals surface area contributed by atoms with Crippen LogP contribution in [0, 0.1) is 11.8 Å². The van der Waals surface area contributed by atoms with Crippen molar-refractivity contribution in [1.82, 2.24) is 15.1 Å². The van der Waals surface area contributed by atoms with Gasteiger partial charge in [-0.3, -0.25) is 24.1 Å². The molecule has 178 valence electrons. The largest absolute Gasteiger partial charge is 0.350 e. The molecule has 3 rings (SSSR count). The SMILES string of the molecule is CC(C(=O)NC(C)(C)C)N(CCc1ccccc1)C(=O)CCN1C(=O)[C@H]2CC=CC[C@H]2C1=O. The van der Waals surface area contributed by atoms with Crippen LogP contribution in [-0.2, 0) is 25.6 Å². The number of likely N-dealkylation sites (tertiary alicyclic amines) is 1. The maximum absolute atomic E-state index is 13.2. The van der Waals surface area contributed by atoms with Crippen LogP contribution in [-0.4, -0.2) is 58.1 Å². The molecule has 2 aliphatic rings. The Morgan fingerprint density at radius 1 is 1.06 bits per heavy atom. The number of imide groups is 1. The molecule has 7 heteroatoms. The van der Waals surface area contributed by atoms with Gasteiger partial charge in [-0.25, -0.2) is 0 Å². The lowest BCUT2D eigenvalue weighted by molar-refractivity contribution is -0.143. The molecule has 1 aromatic rings. The number of carbonyl (C=O) groups excluding carboxylic acids is 4. The fraction of sp³-hybridized carbons (Fsp3) is 0.538. The summed E-state index contributed by atoms with van der Waals surface area (Å²) in [6.07, 6.45) is 5.66. The fourth-order valence-corrected chi connectivity index (χ4v) is 4.48. The van der Waals surface area contributed by atoms with E-state index in [-0.39, 0.29) is 48.4 Å². The van der Waals surface area contributed by atoms with E-state index in [1.54, 1.807) is 11.8 Å². The molecule has 0 saturated carbocycles. The number of nitrogens with one attached hydrogen (secondary N) is 1. The summed E-state index contributed by atoms with van der Waals surface area (Å²) in [5.74, 6) is -1.44. The topological polar surface area (TPSA) is 86.8 Å². The summed E-state index contributed by atoms with van der Waals surface area (Å²) in [6, 6.07) is 9.12. The minimum absolute atomic E-state index is 0.00623. The van der Waals surface area contributed by atoms with Crippen LogP contribution in [0.2, 0.25) is 0 Å². The highest BCUT2D eigenvalue weighted by Crippen LogP contribution is 2.35. The number of amides is 4. The van der Waals surface area contributed by atoms with Crippen LogP contribution in [0.4, 0.5) is 0 Å². The first-order valence-corrected chi connectivity index (χ1v) is 11.7. The molecule has 1 N–H and O–H groups in total. The highest BCUT2D eigenvalue weighted by atomic mass is 16.2. The summed E-state index contributed by atoms with van der Waals surface area (Å²) >= 11 is 0. The molecule has 1 saturated heterocycles. The van der Waals surface area contributed by atoms with Crippen molar-refractivity contribution in [2.75, 3.05) is 13.1 Å². The normalized spacial score (nSPS) is 21.0. The summed E-state index contributed by atoms with van der Waals surface area (Å²) in [6.45, 7) is 7.83. The van der Waals surface area contributed by atoms with E-state index >= 15 is 0 Å². The number of benzene rings is 1. The molecule has 0 radical (unpaired) electrons. The molecule has 1 heterocycles. The van der Waals surface area contributed by atoms with E-state index in [0.29, 0.717) is 25.8 Å².